The van der Waals surface area contributed by atoms with Crippen LogP contribution in [0.3, 0.4) is 0 Å². The van der Waals surface area contributed by atoms with Crippen molar-refractivity contribution in [1.82, 2.24) is 15.3 Å². The molecule has 0 unspecified atom stereocenters. The Bertz CT molecular complexity index is 489. The van der Waals surface area contributed by atoms with E-state index in [1.54, 1.807) is 17.5 Å². The number of hydrogen-bond donors (Lipinski definition) is 1. The van der Waals surface area contributed by atoms with Gasteiger partial charge in [-0.2, -0.15) is 0 Å². The third-order valence-corrected chi connectivity index (χ3v) is 4.43. The van der Waals surface area contributed by atoms with E-state index >= 15 is 0 Å². The van der Waals surface area contributed by atoms with Crippen LogP contribution in [0.25, 0.3) is 10.6 Å². The number of thiazole rings is 1. The van der Waals surface area contributed by atoms with Gasteiger partial charge in [-0.15, -0.1) is 11.3 Å². The second-order valence-corrected chi connectivity index (χ2v) is 5.85. The maximum absolute atomic E-state index is 4.47. The highest BCUT2D eigenvalue weighted by Gasteiger charge is 2.14. The van der Waals surface area contributed by atoms with Crippen molar-refractivity contribution in [3.63, 3.8) is 0 Å². The SMILES string of the molecule is c1cncc(-c2ncc(CNC3CCCC3)s2)c1. The number of nitrogens with one attached hydrogen (secondary N) is 1. The van der Waals surface area contributed by atoms with Crippen molar-refractivity contribution in [3.05, 3.63) is 35.6 Å². The molecule has 1 N–H and O–H groups in total. The second-order valence-electron chi connectivity index (χ2n) is 4.74. The zero-order chi connectivity index (χ0) is 12.2. The minimum atomic E-state index is 0.717. The number of hydrogen-bond acceptors (Lipinski definition) is 4. The highest BCUT2D eigenvalue weighted by Crippen LogP contribution is 2.25. The van der Waals surface area contributed by atoms with Crippen LogP contribution in [0.2, 0.25) is 0 Å². The van der Waals surface area contributed by atoms with Crippen LogP contribution < -0.4 is 5.32 Å². The molecule has 1 aliphatic rings. The standard InChI is InChI=1S/C14H17N3S/c1-2-6-12(5-1)16-9-13-10-17-14(18-13)11-4-3-7-15-8-11/h3-4,7-8,10,12,16H,1-2,5-6,9H2. The van der Waals surface area contributed by atoms with E-state index in [0.717, 1.165) is 17.1 Å². The van der Waals surface area contributed by atoms with Gasteiger partial charge in [0.1, 0.15) is 5.01 Å². The Morgan fingerprint density at radius 3 is 2.94 bits per heavy atom. The predicted octanol–water partition coefficient (Wildman–Crippen LogP) is 3.24. The average molecular weight is 259 g/mol. The van der Waals surface area contributed by atoms with Crippen molar-refractivity contribution in [2.75, 3.05) is 0 Å². The summed E-state index contributed by atoms with van der Waals surface area (Å²) in [4.78, 5) is 9.91. The van der Waals surface area contributed by atoms with Crippen LogP contribution in [0.1, 0.15) is 30.6 Å². The van der Waals surface area contributed by atoms with Gasteiger partial charge in [0, 0.05) is 41.6 Å². The van der Waals surface area contributed by atoms with Crippen LogP contribution in [0.4, 0.5) is 0 Å². The zero-order valence-corrected chi connectivity index (χ0v) is 11.1. The summed E-state index contributed by atoms with van der Waals surface area (Å²) in [5.74, 6) is 0. The summed E-state index contributed by atoms with van der Waals surface area (Å²) in [6.45, 7) is 0.947. The molecule has 0 atom stereocenters. The summed E-state index contributed by atoms with van der Waals surface area (Å²) in [5, 5.41) is 4.68. The van der Waals surface area contributed by atoms with Gasteiger partial charge < -0.3 is 5.32 Å². The van der Waals surface area contributed by atoms with Crippen molar-refractivity contribution in [2.24, 2.45) is 0 Å². The van der Waals surface area contributed by atoms with Crippen LogP contribution in [0.15, 0.2) is 30.7 Å². The van der Waals surface area contributed by atoms with E-state index in [1.807, 2.05) is 18.5 Å². The van der Waals surface area contributed by atoms with Crippen LogP contribution in [0, 0.1) is 0 Å². The molecule has 0 radical (unpaired) electrons. The number of nitrogens with zero attached hydrogens (tertiary/aromatic N) is 2. The summed E-state index contributed by atoms with van der Waals surface area (Å²) in [6.07, 6.45) is 11.0. The topological polar surface area (TPSA) is 37.8 Å². The summed E-state index contributed by atoms with van der Waals surface area (Å²) >= 11 is 1.76. The van der Waals surface area contributed by atoms with Crippen LogP contribution in [-0.2, 0) is 6.54 Å². The lowest BCUT2D eigenvalue weighted by Crippen LogP contribution is -2.24. The molecule has 4 heteroatoms. The van der Waals surface area contributed by atoms with Crippen LogP contribution in [-0.4, -0.2) is 16.0 Å². The van der Waals surface area contributed by atoms with E-state index in [9.17, 15) is 0 Å². The zero-order valence-electron chi connectivity index (χ0n) is 10.3. The van der Waals surface area contributed by atoms with Crippen molar-refractivity contribution in [2.45, 2.75) is 38.3 Å². The molecule has 1 fully saturated rings. The van der Waals surface area contributed by atoms with E-state index in [2.05, 4.69) is 21.4 Å². The second kappa shape index (κ2) is 5.59. The first-order valence-corrected chi connectivity index (χ1v) is 7.32. The molecule has 1 saturated carbocycles. The lowest BCUT2D eigenvalue weighted by atomic mass is 10.2. The fourth-order valence-electron chi connectivity index (χ4n) is 2.39. The van der Waals surface area contributed by atoms with Gasteiger partial charge >= 0.3 is 0 Å². The highest BCUT2D eigenvalue weighted by molar-refractivity contribution is 7.15. The molecule has 1 aliphatic carbocycles. The quantitative estimate of drug-likeness (QED) is 0.916. The number of aromatic nitrogens is 2. The Morgan fingerprint density at radius 1 is 1.28 bits per heavy atom. The Morgan fingerprint density at radius 2 is 2.17 bits per heavy atom. The minimum absolute atomic E-state index is 0.717. The third-order valence-electron chi connectivity index (χ3n) is 3.38. The Hall–Kier alpha value is -1.26. The molecular formula is C14H17N3S. The smallest absolute Gasteiger partial charge is 0.125 e. The van der Waals surface area contributed by atoms with Gasteiger partial charge in [-0.1, -0.05) is 12.8 Å². The molecule has 94 valence electrons. The monoisotopic (exact) mass is 259 g/mol. The molecule has 0 aromatic carbocycles. The molecule has 0 bridgehead atoms. The molecule has 2 aromatic rings. The molecule has 2 aromatic heterocycles. The summed E-state index contributed by atoms with van der Waals surface area (Å²) in [6, 6.07) is 4.72. The molecule has 0 amide bonds. The number of rotatable bonds is 4. The van der Waals surface area contributed by atoms with Gasteiger partial charge in [0.15, 0.2) is 0 Å². The first-order valence-electron chi connectivity index (χ1n) is 6.50. The Kier molecular flexibility index (Phi) is 3.67. The number of pyridine rings is 1. The molecule has 18 heavy (non-hydrogen) atoms. The Balaban J connectivity index is 1.63. The molecule has 0 aliphatic heterocycles. The van der Waals surface area contributed by atoms with E-state index in [-0.39, 0.29) is 0 Å². The van der Waals surface area contributed by atoms with Gasteiger partial charge in [-0.25, -0.2) is 4.98 Å². The molecule has 0 saturated heterocycles. The Labute approximate surface area is 111 Å². The van der Waals surface area contributed by atoms with Crippen molar-refractivity contribution < 1.29 is 0 Å². The van der Waals surface area contributed by atoms with Gasteiger partial charge in [0.2, 0.25) is 0 Å². The van der Waals surface area contributed by atoms with E-state index < -0.39 is 0 Å². The largest absolute Gasteiger partial charge is 0.309 e. The fourth-order valence-corrected chi connectivity index (χ4v) is 3.24. The summed E-state index contributed by atoms with van der Waals surface area (Å²) in [5.41, 5.74) is 1.11. The maximum atomic E-state index is 4.47. The molecule has 3 rings (SSSR count). The molecule has 3 nitrogen and oxygen atoms in total. The minimum Gasteiger partial charge on any atom is -0.309 e. The van der Waals surface area contributed by atoms with Crippen molar-refractivity contribution >= 4 is 11.3 Å². The first-order chi connectivity index (χ1) is 8.92. The van der Waals surface area contributed by atoms with Gasteiger partial charge in [0.25, 0.3) is 0 Å². The highest BCUT2D eigenvalue weighted by atomic mass is 32.1. The lowest BCUT2D eigenvalue weighted by molar-refractivity contribution is 0.527. The van der Waals surface area contributed by atoms with E-state index in [0.29, 0.717) is 6.04 Å². The summed E-state index contributed by atoms with van der Waals surface area (Å²) < 4.78 is 0. The summed E-state index contributed by atoms with van der Waals surface area (Å²) in [7, 11) is 0. The first kappa shape index (κ1) is 11.8. The van der Waals surface area contributed by atoms with Crippen LogP contribution >= 0.6 is 11.3 Å². The molecule has 0 spiro atoms. The fraction of sp³-hybridized carbons (Fsp3) is 0.429. The average Bonchev–Trinajstić information content (AvgIpc) is 3.09. The maximum Gasteiger partial charge on any atom is 0.125 e. The van der Waals surface area contributed by atoms with Crippen molar-refractivity contribution in [3.8, 4) is 10.6 Å². The molecule has 2 heterocycles. The molecular weight excluding hydrogens is 242 g/mol. The lowest BCUT2D eigenvalue weighted by Gasteiger charge is -2.09. The van der Waals surface area contributed by atoms with Crippen LogP contribution in [0.5, 0.6) is 0 Å². The third kappa shape index (κ3) is 2.76. The van der Waals surface area contributed by atoms with Gasteiger partial charge in [-0.3, -0.25) is 4.98 Å². The predicted molar refractivity (Wildman–Crippen MR) is 74.4 cm³/mol. The van der Waals surface area contributed by atoms with E-state index in [4.69, 9.17) is 0 Å². The van der Waals surface area contributed by atoms with E-state index in [1.165, 1.54) is 30.6 Å². The van der Waals surface area contributed by atoms with Crippen molar-refractivity contribution in [1.29, 1.82) is 0 Å². The van der Waals surface area contributed by atoms with Gasteiger partial charge in [-0.05, 0) is 25.0 Å². The van der Waals surface area contributed by atoms with Gasteiger partial charge in [0.05, 0.1) is 0 Å². The normalized spacial score (nSPS) is 16.2.